The van der Waals surface area contributed by atoms with E-state index in [1.165, 1.54) is 24.3 Å². The average Bonchev–Trinajstić information content (AvgIpc) is 2.45. The van der Waals surface area contributed by atoms with E-state index >= 15 is 0 Å². The summed E-state index contributed by atoms with van der Waals surface area (Å²) < 4.78 is 0. The molecule has 0 amide bonds. The number of phenolic OH excluding ortho intramolecular Hbond substituents is 2. The molecule has 0 bridgehead atoms. The normalized spacial score (nSPS) is 10.8. The standard InChI is InChI=1S/C15H11ClO3/c16-12-8-6-11(14(18)15(12)19)7-9-13(17)10-4-2-1-3-5-10/h1-9,18-19H. The van der Waals surface area contributed by atoms with Crippen molar-refractivity contribution in [2.45, 2.75) is 0 Å². The number of phenols is 2. The summed E-state index contributed by atoms with van der Waals surface area (Å²) >= 11 is 5.64. The Morgan fingerprint density at radius 3 is 2.37 bits per heavy atom. The van der Waals surface area contributed by atoms with Crippen LogP contribution < -0.4 is 0 Å². The first kappa shape index (κ1) is 13.2. The van der Waals surface area contributed by atoms with Crippen molar-refractivity contribution < 1.29 is 15.0 Å². The molecular weight excluding hydrogens is 264 g/mol. The molecule has 2 aromatic carbocycles. The average molecular weight is 275 g/mol. The number of allylic oxidation sites excluding steroid dienone is 1. The lowest BCUT2D eigenvalue weighted by Gasteiger charge is -2.03. The molecule has 0 heterocycles. The number of halogens is 1. The number of carbonyl (C=O) groups excluding carboxylic acids is 1. The summed E-state index contributed by atoms with van der Waals surface area (Å²) in [5.41, 5.74) is 0.877. The van der Waals surface area contributed by atoms with Gasteiger partial charge in [0.05, 0.1) is 5.02 Å². The third-order valence-corrected chi connectivity index (χ3v) is 2.91. The van der Waals surface area contributed by atoms with Gasteiger partial charge < -0.3 is 10.2 Å². The molecule has 0 radical (unpaired) electrons. The molecule has 0 aliphatic rings. The Bertz CT molecular complexity index is 633. The summed E-state index contributed by atoms with van der Waals surface area (Å²) in [5.74, 6) is -0.921. The zero-order valence-electron chi connectivity index (χ0n) is 9.88. The van der Waals surface area contributed by atoms with Gasteiger partial charge in [0.2, 0.25) is 0 Å². The highest BCUT2D eigenvalue weighted by Crippen LogP contribution is 2.36. The van der Waals surface area contributed by atoms with Gasteiger partial charge in [0.15, 0.2) is 17.3 Å². The molecular formula is C15H11ClO3. The Hall–Kier alpha value is -2.26. The van der Waals surface area contributed by atoms with Gasteiger partial charge in [-0.05, 0) is 24.3 Å². The second kappa shape index (κ2) is 5.59. The number of ketones is 1. The minimum Gasteiger partial charge on any atom is -0.504 e. The zero-order chi connectivity index (χ0) is 13.8. The molecule has 0 atom stereocenters. The number of benzene rings is 2. The van der Waals surface area contributed by atoms with Crippen LogP contribution in [0.5, 0.6) is 11.5 Å². The van der Waals surface area contributed by atoms with E-state index in [1.54, 1.807) is 24.3 Å². The number of rotatable bonds is 3. The van der Waals surface area contributed by atoms with Gasteiger partial charge in [-0.15, -0.1) is 0 Å². The predicted octanol–water partition coefficient (Wildman–Crippen LogP) is 3.65. The molecule has 2 rings (SSSR count). The van der Waals surface area contributed by atoms with Crippen LogP contribution in [0.25, 0.3) is 6.08 Å². The minimum absolute atomic E-state index is 0.0593. The molecule has 0 aromatic heterocycles. The minimum atomic E-state index is -0.393. The van der Waals surface area contributed by atoms with Gasteiger partial charge in [0, 0.05) is 11.1 Å². The van der Waals surface area contributed by atoms with E-state index in [0.717, 1.165) is 0 Å². The van der Waals surface area contributed by atoms with Crippen LogP contribution in [0.2, 0.25) is 5.02 Å². The lowest BCUT2D eigenvalue weighted by molar-refractivity contribution is 0.104. The van der Waals surface area contributed by atoms with Gasteiger partial charge in [0.25, 0.3) is 0 Å². The Balaban J connectivity index is 2.25. The van der Waals surface area contributed by atoms with Crippen LogP contribution in [-0.2, 0) is 0 Å². The van der Waals surface area contributed by atoms with Crippen molar-refractivity contribution in [3.05, 3.63) is 64.7 Å². The molecule has 0 fully saturated rings. The Kier molecular flexibility index (Phi) is 3.88. The van der Waals surface area contributed by atoms with Crippen molar-refractivity contribution in [1.82, 2.24) is 0 Å². The summed E-state index contributed by atoms with van der Waals surface area (Å²) in [7, 11) is 0. The van der Waals surface area contributed by atoms with Crippen molar-refractivity contribution in [2.75, 3.05) is 0 Å². The topological polar surface area (TPSA) is 57.5 Å². The van der Waals surface area contributed by atoms with Crippen LogP contribution in [-0.4, -0.2) is 16.0 Å². The number of carbonyl (C=O) groups is 1. The summed E-state index contributed by atoms with van der Waals surface area (Å²) in [6, 6.07) is 11.7. The first-order chi connectivity index (χ1) is 9.09. The second-order valence-corrected chi connectivity index (χ2v) is 4.30. The summed E-state index contributed by atoms with van der Waals surface area (Å²) in [4.78, 5) is 11.8. The summed E-state index contributed by atoms with van der Waals surface area (Å²) in [6.07, 6.45) is 2.76. The van der Waals surface area contributed by atoms with Crippen LogP contribution >= 0.6 is 11.6 Å². The van der Waals surface area contributed by atoms with E-state index in [-0.39, 0.29) is 16.6 Å². The number of aromatic hydroxyl groups is 2. The van der Waals surface area contributed by atoms with E-state index in [2.05, 4.69) is 0 Å². The molecule has 0 saturated carbocycles. The molecule has 2 N–H and O–H groups in total. The largest absolute Gasteiger partial charge is 0.504 e. The van der Waals surface area contributed by atoms with E-state index in [9.17, 15) is 15.0 Å². The highest BCUT2D eigenvalue weighted by Gasteiger charge is 2.08. The van der Waals surface area contributed by atoms with Gasteiger partial charge in [0.1, 0.15) is 0 Å². The molecule has 0 spiro atoms. The fraction of sp³-hybridized carbons (Fsp3) is 0. The van der Waals surface area contributed by atoms with E-state index in [4.69, 9.17) is 11.6 Å². The fourth-order valence-corrected chi connectivity index (χ4v) is 1.72. The van der Waals surface area contributed by atoms with Gasteiger partial charge in [-0.1, -0.05) is 41.9 Å². The molecule has 0 saturated heterocycles. The van der Waals surface area contributed by atoms with Crippen molar-refractivity contribution in [2.24, 2.45) is 0 Å². The molecule has 3 nitrogen and oxygen atoms in total. The molecule has 0 aliphatic carbocycles. The highest BCUT2D eigenvalue weighted by molar-refractivity contribution is 6.32. The maximum absolute atomic E-state index is 11.8. The lowest BCUT2D eigenvalue weighted by Crippen LogP contribution is -1.92. The smallest absolute Gasteiger partial charge is 0.185 e. The Morgan fingerprint density at radius 2 is 1.68 bits per heavy atom. The first-order valence-corrected chi connectivity index (χ1v) is 5.95. The van der Waals surface area contributed by atoms with Gasteiger partial charge in [-0.25, -0.2) is 0 Å². The third kappa shape index (κ3) is 2.95. The molecule has 96 valence electrons. The van der Waals surface area contributed by atoms with Crippen molar-refractivity contribution in [3.8, 4) is 11.5 Å². The third-order valence-electron chi connectivity index (χ3n) is 2.61. The number of hydrogen-bond donors (Lipinski definition) is 2. The summed E-state index contributed by atoms with van der Waals surface area (Å²) in [6.45, 7) is 0. The van der Waals surface area contributed by atoms with Crippen molar-refractivity contribution in [3.63, 3.8) is 0 Å². The fourth-order valence-electron chi connectivity index (χ4n) is 1.57. The van der Waals surface area contributed by atoms with Crippen LogP contribution in [0.4, 0.5) is 0 Å². The maximum atomic E-state index is 11.8. The second-order valence-electron chi connectivity index (χ2n) is 3.90. The van der Waals surface area contributed by atoms with Gasteiger partial charge in [-0.3, -0.25) is 4.79 Å². The molecule has 19 heavy (non-hydrogen) atoms. The van der Waals surface area contributed by atoms with E-state index in [0.29, 0.717) is 11.1 Å². The monoisotopic (exact) mass is 274 g/mol. The Labute approximate surface area is 115 Å². The van der Waals surface area contributed by atoms with Crippen molar-refractivity contribution in [1.29, 1.82) is 0 Å². The van der Waals surface area contributed by atoms with Crippen molar-refractivity contribution >= 4 is 23.5 Å². The predicted molar refractivity (Wildman–Crippen MR) is 74.6 cm³/mol. The van der Waals surface area contributed by atoms with Crippen LogP contribution in [0.1, 0.15) is 15.9 Å². The van der Waals surface area contributed by atoms with E-state index < -0.39 is 5.75 Å². The van der Waals surface area contributed by atoms with Crippen LogP contribution in [0.3, 0.4) is 0 Å². The molecule has 2 aromatic rings. The van der Waals surface area contributed by atoms with E-state index in [1.807, 2.05) is 6.07 Å². The Morgan fingerprint density at radius 1 is 1.00 bits per heavy atom. The van der Waals surface area contributed by atoms with Gasteiger partial charge >= 0.3 is 0 Å². The number of hydrogen-bond acceptors (Lipinski definition) is 3. The quantitative estimate of drug-likeness (QED) is 0.510. The summed E-state index contributed by atoms with van der Waals surface area (Å²) in [5, 5.41) is 19.2. The van der Waals surface area contributed by atoms with Gasteiger partial charge in [-0.2, -0.15) is 0 Å². The first-order valence-electron chi connectivity index (χ1n) is 5.57. The highest BCUT2D eigenvalue weighted by atomic mass is 35.5. The maximum Gasteiger partial charge on any atom is 0.185 e. The lowest BCUT2D eigenvalue weighted by atomic mass is 10.1. The molecule has 0 unspecified atom stereocenters. The van der Waals surface area contributed by atoms with Crippen LogP contribution in [0, 0.1) is 0 Å². The zero-order valence-corrected chi connectivity index (χ0v) is 10.6. The molecule has 0 aliphatic heterocycles. The van der Waals surface area contributed by atoms with Crippen LogP contribution in [0.15, 0.2) is 48.5 Å². The SMILES string of the molecule is O=C(C=Cc1ccc(Cl)c(O)c1O)c1ccccc1. The molecule has 4 heteroatoms.